The summed E-state index contributed by atoms with van der Waals surface area (Å²) in [7, 11) is 0. The van der Waals surface area contributed by atoms with Gasteiger partial charge < -0.3 is 48.5 Å². The van der Waals surface area contributed by atoms with E-state index in [0.717, 1.165) is 0 Å². The predicted molar refractivity (Wildman–Crippen MR) is 112 cm³/mol. The number of hydrogen-bond acceptors (Lipinski definition) is 8. The molecule has 16 nitrogen and oxygen atoms in total. The second-order valence-corrected chi connectivity index (χ2v) is 6.82. The quantitative estimate of drug-likeness (QED) is 0.0584. The summed E-state index contributed by atoms with van der Waals surface area (Å²) in [5.74, 6) is -7.06. The van der Waals surface area contributed by atoms with Crippen molar-refractivity contribution in [1.29, 1.82) is 0 Å². The Morgan fingerprint density at radius 1 is 0.788 bits per heavy atom. The van der Waals surface area contributed by atoms with E-state index in [1.165, 1.54) is 0 Å². The summed E-state index contributed by atoms with van der Waals surface area (Å²) in [4.78, 5) is 73.2. The number of aliphatic imine (C=N–C) groups is 1. The van der Waals surface area contributed by atoms with E-state index in [0.29, 0.717) is 0 Å². The van der Waals surface area contributed by atoms with Crippen LogP contribution in [0.2, 0.25) is 0 Å². The molecule has 33 heavy (non-hydrogen) atoms. The summed E-state index contributed by atoms with van der Waals surface area (Å²) in [6.07, 6.45) is -1.39. The van der Waals surface area contributed by atoms with Crippen LogP contribution in [-0.4, -0.2) is 88.1 Å². The number of amides is 3. The molecule has 186 valence electrons. The van der Waals surface area contributed by atoms with Gasteiger partial charge in [-0.1, -0.05) is 0 Å². The van der Waals surface area contributed by atoms with Crippen LogP contribution in [0.4, 0.5) is 0 Å². The minimum absolute atomic E-state index is 0.0418. The molecule has 0 saturated heterocycles. The van der Waals surface area contributed by atoms with Crippen molar-refractivity contribution in [2.45, 2.75) is 50.2 Å². The van der Waals surface area contributed by atoms with Gasteiger partial charge in [0.05, 0.1) is 12.5 Å². The van der Waals surface area contributed by atoms with Gasteiger partial charge in [-0.3, -0.25) is 33.8 Å². The standard InChI is InChI=1S/C17H29N7O9/c18-8(3-4-11(25)26)14(31)24-10(6-12(27)28)16(33)23-9(2-1-5-21-17(19)20)15(32)22-7-13(29)30/h8-10H,1-7,18H2,(H,22,32)(H,23,33)(H,24,31)(H,25,26)(H,27,28)(H,29,30)(H4,19,20,21). The molecule has 3 unspecified atom stereocenters. The molecule has 0 radical (unpaired) electrons. The molecular weight excluding hydrogens is 446 g/mol. The Hall–Kier alpha value is -3.95. The Bertz CT molecular complexity index is 768. The average molecular weight is 475 g/mol. The summed E-state index contributed by atoms with van der Waals surface area (Å²) in [6.45, 7) is -0.637. The molecule has 0 heterocycles. The number of carbonyl (C=O) groups is 6. The van der Waals surface area contributed by atoms with Crippen molar-refractivity contribution < 1.29 is 44.1 Å². The Balaban J connectivity index is 5.32. The van der Waals surface area contributed by atoms with Crippen LogP contribution in [0, 0.1) is 0 Å². The topological polar surface area (TPSA) is 290 Å². The molecule has 3 amide bonds. The van der Waals surface area contributed by atoms with E-state index in [-0.39, 0.29) is 31.8 Å². The monoisotopic (exact) mass is 475 g/mol. The zero-order valence-electron chi connectivity index (χ0n) is 17.7. The normalized spacial score (nSPS) is 13.0. The average Bonchev–Trinajstić information content (AvgIpc) is 2.70. The molecule has 0 rings (SSSR count). The molecule has 3 atom stereocenters. The Kier molecular flexibility index (Phi) is 13.2. The van der Waals surface area contributed by atoms with Crippen LogP contribution in [0.25, 0.3) is 0 Å². The summed E-state index contributed by atoms with van der Waals surface area (Å²) in [5, 5.41) is 32.9. The lowest BCUT2D eigenvalue weighted by molar-refractivity contribution is -0.141. The maximum atomic E-state index is 12.6. The Morgan fingerprint density at radius 3 is 1.91 bits per heavy atom. The summed E-state index contributed by atoms with van der Waals surface area (Å²) < 4.78 is 0. The molecule has 12 N–H and O–H groups in total. The third-order valence-corrected chi connectivity index (χ3v) is 4.01. The minimum atomic E-state index is -1.64. The third-order valence-electron chi connectivity index (χ3n) is 4.01. The molecule has 0 aromatic rings. The van der Waals surface area contributed by atoms with Gasteiger partial charge in [0, 0.05) is 13.0 Å². The highest BCUT2D eigenvalue weighted by atomic mass is 16.4. The van der Waals surface area contributed by atoms with Crippen molar-refractivity contribution in [3.05, 3.63) is 0 Å². The Labute approximate surface area is 187 Å². The number of nitrogens with zero attached hydrogens (tertiary/aromatic N) is 1. The van der Waals surface area contributed by atoms with Crippen LogP contribution < -0.4 is 33.2 Å². The highest BCUT2D eigenvalue weighted by molar-refractivity contribution is 5.95. The van der Waals surface area contributed by atoms with Crippen LogP contribution in [0.3, 0.4) is 0 Å². The van der Waals surface area contributed by atoms with Crippen LogP contribution >= 0.6 is 0 Å². The zero-order chi connectivity index (χ0) is 25.6. The molecule has 0 aromatic carbocycles. The summed E-state index contributed by atoms with van der Waals surface area (Å²) in [6, 6.07) is -4.25. The van der Waals surface area contributed by atoms with Crippen molar-refractivity contribution in [3.8, 4) is 0 Å². The van der Waals surface area contributed by atoms with Gasteiger partial charge in [0.25, 0.3) is 0 Å². The molecule has 0 aliphatic carbocycles. The summed E-state index contributed by atoms with van der Waals surface area (Å²) >= 11 is 0. The van der Waals surface area contributed by atoms with Crippen LogP contribution in [-0.2, 0) is 28.8 Å². The SMILES string of the molecule is NC(N)=NCCCC(NC(=O)C(CC(=O)O)NC(=O)C(N)CCC(=O)O)C(=O)NCC(=O)O. The predicted octanol–water partition coefficient (Wildman–Crippen LogP) is -4.12. The highest BCUT2D eigenvalue weighted by Crippen LogP contribution is 2.03. The summed E-state index contributed by atoms with van der Waals surface area (Å²) in [5.41, 5.74) is 16.0. The molecule has 0 bridgehead atoms. The number of rotatable bonds is 16. The van der Waals surface area contributed by atoms with Crippen LogP contribution in [0.1, 0.15) is 32.1 Å². The van der Waals surface area contributed by atoms with E-state index < -0.39 is 73.1 Å². The van der Waals surface area contributed by atoms with Crippen molar-refractivity contribution in [1.82, 2.24) is 16.0 Å². The first-order valence-corrected chi connectivity index (χ1v) is 9.68. The van der Waals surface area contributed by atoms with E-state index in [1.807, 2.05) is 0 Å². The maximum Gasteiger partial charge on any atom is 0.322 e. The minimum Gasteiger partial charge on any atom is -0.481 e. The van der Waals surface area contributed by atoms with E-state index in [1.54, 1.807) is 0 Å². The molecule has 0 aliphatic heterocycles. The number of carboxylic acid groups (broad SMARTS) is 3. The molecular formula is C17H29N7O9. The van der Waals surface area contributed by atoms with Crippen molar-refractivity contribution in [3.63, 3.8) is 0 Å². The molecule has 0 fully saturated rings. The lowest BCUT2D eigenvalue weighted by Gasteiger charge is -2.23. The van der Waals surface area contributed by atoms with Gasteiger partial charge in [0.2, 0.25) is 17.7 Å². The van der Waals surface area contributed by atoms with Crippen LogP contribution in [0.5, 0.6) is 0 Å². The number of aliphatic carboxylic acids is 3. The highest BCUT2D eigenvalue weighted by Gasteiger charge is 2.29. The number of carboxylic acids is 3. The van der Waals surface area contributed by atoms with Crippen molar-refractivity contribution in [2.75, 3.05) is 13.1 Å². The van der Waals surface area contributed by atoms with Gasteiger partial charge in [-0.15, -0.1) is 0 Å². The molecule has 16 heteroatoms. The first-order valence-electron chi connectivity index (χ1n) is 9.68. The molecule has 0 spiro atoms. The smallest absolute Gasteiger partial charge is 0.322 e. The number of guanidine groups is 1. The van der Waals surface area contributed by atoms with E-state index in [4.69, 9.17) is 32.5 Å². The van der Waals surface area contributed by atoms with E-state index in [2.05, 4.69) is 20.9 Å². The van der Waals surface area contributed by atoms with Gasteiger partial charge in [-0.05, 0) is 19.3 Å². The second-order valence-electron chi connectivity index (χ2n) is 6.82. The second kappa shape index (κ2) is 15.0. The number of nitrogens with two attached hydrogens (primary N) is 3. The molecule has 0 aliphatic rings. The van der Waals surface area contributed by atoms with Crippen LogP contribution in [0.15, 0.2) is 4.99 Å². The van der Waals surface area contributed by atoms with Gasteiger partial charge in [0.1, 0.15) is 18.6 Å². The van der Waals surface area contributed by atoms with Gasteiger partial charge in [0.15, 0.2) is 5.96 Å². The zero-order valence-corrected chi connectivity index (χ0v) is 17.7. The maximum absolute atomic E-state index is 12.6. The Morgan fingerprint density at radius 2 is 1.39 bits per heavy atom. The first kappa shape index (κ1) is 29.0. The van der Waals surface area contributed by atoms with Gasteiger partial charge in [-0.25, -0.2) is 0 Å². The molecule has 0 saturated carbocycles. The fourth-order valence-corrected chi connectivity index (χ4v) is 2.40. The van der Waals surface area contributed by atoms with Gasteiger partial charge in [-0.2, -0.15) is 0 Å². The lowest BCUT2D eigenvalue weighted by Crippen LogP contribution is -2.56. The van der Waals surface area contributed by atoms with E-state index in [9.17, 15) is 28.8 Å². The first-order chi connectivity index (χ1) is 15.3. The van der Waals surface area contributed by atoms with Crippen molar-refractivity contribution >= 4 is 41.6 Å². The fourth-order valence-electron chi connectivity index (χ4n) is 2.40. The molecule has 0 aromatic heterocycles. The number of hydrogen-bond donors (Lipinski definition) is 9. The van der Waals surface area contributed by atoms with Crippen molar-refractivity contribution in [2.24, 2.45) is 22.2 Å². The third kappa shape index (κ3) is 13.9. The number of nitrogens with one attached hydrogen (secondary N) is 3. The number of carbonyl (C=O) groups excluding carboxylic acids is 3. The van der Waals surface area contributed by atoms with Gasteiger partial charge >= 0.3 is 17.9 Å². The lowest BCUT2D eigenvalue weighted by atomic mass is 10.1. The fraction of sp³-hybridized carbons (Fsp3) is 0.588. The van der Waals surface area contributed by atoms with E-state index >= 15 is 0 Å². The largest absolute Gasteiger partial charge is 0.481 e.